The van der Waals surface area contributed by atoms with Crippen LogP contribution in [0, 0.1) is 0 Å². The molecule has 1 aliphatic rings. The summed E-state index contributed by atoms with van der Waals surface area (Å²) in [6.07, 6.45) is 2.80. The van der Waals surface area contributed by atoms with Crippen LogP contribution in [0.3, 0.4) is 0 Å². The zero-order valence-corrected chi connectivity index (χ0v) is 12.3. The molecule has 0 saturated carbocycles. The number of pyridine rings is 1. The minimum atomic E-state index is -0.0678. The predicted octanol–water partition coefficient (Wildman–Crippen LogP) is 0.793. The SMILES string of the molecule is COCCC(=O)N1CCCN(C(=O)c2ccccn2)CC1. The number of carbonyl (C=O) groups excluding carboxylic acids is 2. The molecule has 2 rings (SSSR count). The molecular formula is C15H21N3O3. The lowest BCUT2D eigenvalue weighted by molar-refractivity contribution is -0.132. The van der Waals surface area contributed by atoms with E-state index in [0.29, 0.717) is 44.9 Å². The highest BCUT2D eigenvalue weighted by Gasteiger charge is 2.22. The highest BCUT2D eigenvalue weighted by molar-refractivity contribution is 5.92. The Morgan fingerprint density at radius 2 is 1.95 bits per heavy atom. The number of aromatic nitrogens is 1. The fourth-order valence-electron chi connectivity index (χ4n) is 2.37. The van der Waals surface area contributed by atoms with Gasteiger partial charge in [-0.3, -0.25) is 14.6 Å². The Balaban J connectivity index is 1.91. The van der Waals surface area contributed by atoms with Gasteiger partial charge in [0.25, 0.3) is 5.91 Å². The first-order valence-electron chi connectivity index (χ1n) is 7.19. The molecule has 1 aliphatic heterocycles. The number of methoxy groups -OCH3 is 1. The maximum atomic E-state index is 12.3. The van der Waals surface area contributed by atoms with Gasteiger partial charge in [0, 0.05) is 39.5 Å². The lowest BCUT2D eigenvalue weighted by atomic mass is 10.3. The van der Waals surface area contributed by atoms with Gasteiger partial charge in [-0.1, -0.05) is 6.07 Å². The van der Waals surface area contributed by atoms with Crippen molar-refractivity contribution in [2.75, 3.05) is 39.9 Å². The second-order valence-corrected chi connectivity index (χ2v) is 4.98. The van der Waals surface area contributed by atoms with Gasteiger partial charge in [0.1, 0.15) is 5.69 Å². The van der Waals surface area contributed by atoms with Crippen LogP contribution < -0.4 is 0 Å². The Kier molecular flexibility index (Phi) is 5.68. The van der Waals surface area contributed by atoms with Crippen LogP contribution in [0.1, 0.15) is 23.3 Å². The smallest absolute Gasteiger partial charge is 0.272 e. The van der Waals surface area contributed by atoms with E-state index in [4.69, 9.17) is 4.74 Å². The van der Waals surface area contributed by atoms with Gasteiger partial charge >= 0.3 is 0 Å². The first kappa shape index (κ1) is 15.4. The van der Waals surface area contributed by atoms with Gasteiger partial charge in [-0.25, -0.2) is 0 Å². The van der Waals surface area contributed by atoms with Gasteiger partial charge in [-0.2, -0.15) is 0 Å². The normalized spacial score (nSPS) is 15.7. The molecule has 2 heterocycles. The van der Waals surface area contributed by atoms with Crippen LogP contribution in [0.4, 0.5) is 0 Å². The van der Waals surface area contributed by atoms with Crippen molar-refractivity contribution < 1.29 is 14.3 Å². The van der Waals surface area contributed by atoms with E-state index in [9.17, 15) is 9.59 Å². The van der Waals surface area contributed by atoms with Crippen LogP contribution >= 0.6 is 0 Å². The molecule has 0 spiro atoms. The molecule has 0 unspecified atom stereocenters. The van der Waals surface area contributed by atoms with Crippen LogP contribution in [0.15, 0.2) is 24.4 Å². The first-order chi connectivity index (χ1) is 10.2. The largest absolute Gasteiger partial charge is 0.384 e. The maximum Gasteiger partial charge on any atom is 0.272 e. The number of rotatable bonds is 4. The van der Waals surface area contributed by atoms with Crippen molar-refractivity contribution in [3.8, 4) is 0 Å². The lowest BCUT2D eigenvalue weighted by Gasteiger charge is -2.22. The van der Waals surface area contributed by atoms with Crippen molar-refractivity contribution in [3.63, 3.8) is 0 Å². The Labute approximate surface area is 124 Å². The molecule has 1 aromatic rings. The van der Waals surface area contributed by atoms with E-state index >= 15 is 0 Å². The molecule has 0 aliphatic carbocycles. The Bertz CT molecular complexity index is 478. The van der Waals surface area contributed by atoms with E-state index in [1.54, 1.807) is 36.4 Å². The number of ether oxygens (including phenoxy) is 1. The minimum absolute atomic E-state index is 0.0678. The zero-order valence-electron chi connectivity index (χ0n) is 12.3. The van der Waals surface area contributed by atoms with E-state index in [1.807, 2.05) is 4.90 Å². The third-order valence-electron chi connectivity index (χ3n) is 3.54. The van der Waals surface area contributed by atoms with Crippen LogP contribution in [-0.4, -0.2) is 66.5 Å². The van der Waals surface area contributed by atoms with Crippen molar-refractivity contribution in [1.29, 1.82) is 0 Å². The van der Waals surface area contributed by atoms with Gasteiger partial charge in [0.2, 0.25) is 5.91 Å². The van der Waals surface area contributed by atoms with Crippen molar-refractivity contribution in [2.24, 2.45) is 0 Å². The summed E-state index contributed by atoms with van der Waals surface area (Å²) in [6, 6.07) is 5.31. The van der Waals surface area contributed by atoms with E-state index in [1.165, 1.54) is 0 Å². The molecule has 1 fully saturated rings. The van der Waals surface area contributed by atoms with Crippen LogP contribution in [0.2, 0.25) is 0 Å². The Morgan fingerprint density at radius 3 is 2.67 bits per heavy atom. The molecule has 1 aromatic heterocycles. The molecule has 0 aromatic carbocycles. The number of hydrogen-bond donors (Lipinski definition) is 0. The van der Waals surface area contributed by atoms with E-state index < -0.39 is 0 Å². The molecule has 114 valence electrons. The standard InChI is InChI=1S/C15H21N3O3/c1-21-12-6-14(19)17-8-4-9-18(11-10-17)15(20)13-5-2-3-7-16-13/h2-3,5,7H,4,6,8-12H2,1H3. The van der Waals surface area contributed by atoms with Crippen LogP contribution in [0.5, 0.6) is 0 Å². The highest BCUT2D eigenvalue weighted by atomic mass is 16.5. The van der Waals surface area contributed by atoms with E-state index in [-0.39, 0.29) is 11.8 Å². The topological polar surface area (TPSA) is 62.7 Å². The monoisotopic (exact) mass is 291 g/mol. The van der Waals surface area contributed by atoms with Gasteiger partial charge < -0.3 is 14.5 Å². The molecule has 6 heteroatoms. The summed E-state index contributed by atoms with van der Waals surface area (Å²) in [7, 11) is 1.59. The second kappa shape index (κ2) is 7.73. The summed E-state index contributed by atoms with van der Waals surface area (Å²) >= 11 is 0. The third kappa shape index (κ3) is 4.26. The second-order valence-electron chi connectivity index (χ2n) is 4.98. The van der Waals surface area contributed by atoms with E-state index in [2.05, 4.69) is 4.98 Å². The van der Waals surface area contributed by atoms with Gasteiger partial charge in [0.05, 0.1) is 13.0 Å². The third-order valence-corrected chi connectivity index (χ3v) is 3.54. The van der Waals surface area contributed by atoms with E-state index in [0.717, 1.165) is 6.42 Å². The van der Waals surface area contributed by atoms with Crippen molar-refractivity contribution in [3.05, 3.63) is 30.1 Å². The molecule has 21 heavy (non-hydrogen) atoms. The number of carbonyl (C=O) groups is 2. The number of hydrogen-bond acceptors (Lipinski definition) is 4. The Morgan fingerprint density at radius 1 is 1.19 bits per heavy atom. The molecule has 6 nitrogen and oxygen atoms in total. The van der Waals surface area contributed by atoms with Gasteiger partial charge in [0.15, 0.2) is 0 Å². The van der Waals surface area contributed by atoms with Gasteiger partial charge in [-0.05, 0) is 18.6 Å². The quantitative estimate of drug-likeness (QED) is 0.823. The average Bonchev–Trinajstić information content (AvgIpc) is 2.79. The molecular weight excluding hydrogens is 270 g/mol. The first-order valence-corrected chi connectivity index (χ1v) is 7.19. The predicted molar refractivity (Wildman–Crippen MR) is 77.8 cm³/mol. The summed E-state index contributed by atoms with van der Waals surface area (Å²) < 4.78 is 4.93. The average molecular weight is 291 g/mol. The molecule has 0 atom stereocenters. The lowest BCUT2D eigenvalue weighted by Crippen LogP contribution is -2.37. The Hall–Kier alpha value is -1.95. The summed E-state index contributed by atoms with van der Waals surface area (Å²) in [4.78, 5) is 32.0. The summed E-state index contributed by atoms with van der Waals surface area (Å²) in [5, 5.41) is 0. The van der Waals surface area contributed by atoms with Crippen molar-refractivity contribution in [1.82, 2.24) is 14.8 Å². The molecule has 0 N–H and O–H groups in total. The summed E-state index contributed by atoms with van der Waals surface area (Å²) in [6.45, 7) is 2.90. The number of amides is 2. The molecule has 0 radical (unpaired) electrons. The molecule has 1 saturated heterocycles. The summed E-state index contributed by atoms with van der Waals surface area (Å²) in [5.74, 6) is 0.0192. The fraction of sp³-hybridized carbons (Fsp3) is 0.533. The number of nitrogens with zero attached hydrogens (tertiary/aromatic N) is 3. The minimum Gasteiger partial charge on any atom is -0.384 e. The van der Waals surface area contributed by atoms with Crippen molar-refractivity contribution >= 4 is 11.8 Å². The van der Waals surface area contributed by atoms with Crippen molar-refractivity contribution in [2.45, 2.75) is 12.8 Å². The van der Waals surface area contributed by atoms with Gasteiger partial charge in [-0.15, -0.1) is 0 Å². The highest BCUT2D eigenvalue weighted by Crippen LogP contribution is 2.08. The molecule has 0 bridgehead atoms. The van der Waals surface area contributed by atoms with Crippen LogP contribution in [0.25, 0.3) is 0 Å². The maximum absolute atomic E-state index is 12.3. The van der Waals surface area contributed by atoms with Crippen LogP contribution in [-0.2, 0) is 9.53 Å². The summed E-state index contributed by atoms with van der Waals surface area (Å²) in [5.41, 5.74) is 0.455. The zero-order chi connectivity index (χ0) is 15.1. The molecule has 2 amide bonds. The fourth-order valence-corrected chi connectivity index (χ4v) is 2.37.